The van der Waals surface area contributed by atoms with Gasteiger partial charge in [0.15, 0.2) is 0 Å². The van der Waals surface area contributed by atoms with Crippen molar-refractivity contribution in [2.24, 2.45) is 0 Å². The Bertz CT molecular complexity index is 672. The predicted molar refractivity (Wildman–Crippen MR) is 90.3 cm³/mol. The number of hydrogen-bond acceptors (Lipinski definition) is 1. The van der Waals surface area contributed by atoms with E-state index in [2.05, 4.69) is 42.3 Å². The van der Waals surface area contributed by atoms with Gasteiger partial charge >= 0.3 is 0 Å². The highest BCUT2D eigenvalue weighted by molar-refractivity contribution is 5.85. The van der Waals surface area contributed by atoms with Crippen LogP contribution in [0.25, 0.3) is 0 Å². The summed E-state index contributed by atoms with van der Waals surface area (Å²) >= 11 is 0. The zero-order valence-corrected chi connectivity index (χ0v) is 13.5. The van der Waals surface area contributed by atoms with Gasteiger partial charge in [0.1, 0.15) is 5.82 Å². The number of hydrogen-bond donors (Lipinski definition) is 0. The molecule has 2 aliphatic rings. The lowest BCUT2D eigenvalue weighted by atomic mass is 9.71. The van der Waals surface area contributed by atoms with Crippen molar-refractivity contribution in [1.82, 2.24) is 4.90 Å². The molecule has 1 aliphatic carbocycles. The maximum absolute atomic E-state index is 13.6. The van der Waals surface area contributed by atoms with Crippen LogP contribution in [0.2, 0.25) is 0 Å². The van der Waals surface area contributed by atoms with Gasteiger partial charge < -0.3 is 4.90 Å². The molecule has 4 rings (SSSR count). The molecule has 2 aromatic carbocycles. The normalized spacial score (nSPS) is 26.9. The van der Waals surface area contributed by atoms with Gasteiger partial charge in [-0.25, -0.2) is 4.39 Å². The molecule has 3 atom stereocenters. The van der Waals surface area contributed by atoms with E-state index in [-0.39, 0.29) is 18.2 Å². The smallest absolute Gasteiger partial charge is 0.123 e. The number of benzene rings is 2. The van der Waals surface area contributed by atoms with Crippen LogP contribution in [0.15, 0.2) is 48.5 Å². The Hall–Kier alpha value is -1.38. The predicted octanol–water partition coefficient (Wildman–Crippen LogP) is 4.57. The summed E-state index contributed by atoms with van der Waals surface area (Å²) in [5.41, 5.74) is 3.99. The second-order valence-corrected chi connectivity index (χ2v) is 6.42. The monoisotopic (exact) mass is 317 g/mol. The third kappa shape index (κ3) is 2.45. The Morgan fingerprint density at radius 3 is 2.59 bits per heavy atom. The van der Waals surface area contributed by atoms with Crippen LogP contribution in [-0.2, 0) is 0 Å². The molecule has 1 nitrogen and oxygen atoms in total. The van der Waals surface area contributed by atoms with E-state index in [9.17, 15) is 4.39 Å². The highest BCUT2D eigenvalue weighted by Gasteiger charge is 2.40. The third-order valence-corrected chi connectivity index (χ3v) is 5.32. The number of rotatable bonds is 1. The second kappa shape index (κ2) is 6.02. The molecular weight excluding hydrogens is 297 g/mol. The average molecular weight is 318 g/mol. The average Bonchev–Trinajstić information content (AvgIpc) is 2.88. The first-order valence-corrected chi connectivity index (χ1v) is 7.78. The van der Waals surface area contributed by atoms with Crippen LogP contribution < -0.4 is 0 Å². The van der Waals surface area contributed by atoms with Crippen LogP contribution in [0.5, 0.6) is 0 Å². The molecule has 1 heterocycles. The quantitative estimate of drug-likeness (QED) is 0.744. The van der Waals surface area contributed by atoms with Crippen LogP contribution >= 0.6 is 12.4 Å². The molecule has 0 bridgehead atoms. The van der Waals surface area contributed by atoms with Crippen LogP contribution in [0.1, 0.15) is 41.4 Å². The van der Waals surface area contributed by atoms with Gasteiger partial charge in [-0.3, -0.25) is 0 Å². The van der Waals surface area contributed by atoms with E-state index >= 15 is 0 Å². The molecule has 0 amide bonds. The van der Waals surface area contributed by atoms with Crippen molar-refractivity contribution in [2.75, 3.05) is 13.6 Å². The van der Waals surface area contributed by atoms with Gasteiger partial charge in [0.05, 0.1) is 0 Å². The summed E-state index contributed by atoms with van der Waals surface area (Å²) in [5, 5.41) is 0. The second-order valence-electron chi connectivity index (χ2n) is 6.42. The fourth-order valence-corrected chi connectivity index (χ4v) is 4.29. The van der Waals surface area contributed by atoms with E-state index in [4.69, 9.17) is 0 Å². The Balaban J connectivity index is 0.00000144. The summed E-state index contributed by atoms with van der Waals surface area (Å²) in [6.07, 6.45) is 2.34. The van der Waals surface area contributed by atoms with Crippen LogP contribution in [0, 0.1) is 5.82 Å². The summed E-state index contributed by atoms with van der Waals surface area (Å²) in [6, 6.07) is 16.5. The van der Waals surface area contributed by atoms with Gasteiger partial charge in [-0.2, -0.15) is 0 Å². The van der Waals surface area contributed by atoms with Gasteiger partial charge in [0, 0.05) is 17.9 Å². The number of likely N-dealkylation sites (N-methyl/N-ethyl adjacent to an activating group) is 1. The molecule has 2 aromatic rings. The van der Waals surface area contributed by atoms with Crippen LogP contribution in [0.3, 0.4) is 0 Å². The standard InChI is InChI=1S/C19H20FN.ClH/c1-21-10-9-17-15-7-2-3-8-16(15)18(12-19(17)21)13-5-4-6-14(20)11-13;/h2-8,11,17-19H,9-10,12H2,1H3;1H/t17-,18-,19-;/m1./s1. The molecule has 3 heteroatoms. The fourth-order valence-electron chi connectivity index (χ4n) is 4.29. The first-order chi connectivity index (χ1) is 10.2. The van der Waals surface area contributed by atoms with Crippen molar-refractivity contribution in [3.63, 3.8) is 0 Å². The Labute approximate surface area is 137 Å². The van der Waals surface area contributed by atoms with E-state index < -0.39 is 0 Å². The first-order valence-electron chi connectivity index (χ1n) is 7.78. The fraction of sp³-hybridized carbons (Fsp3) is 0.368. The highest BCUT2D eigenvalue weighted by Crippen LogP contribution is 2.47. The molecule has 0 N–H and O–H groups in total. The first kappa shape index (κ1) is 15.5. The highest BCUT2D eigenvalue weighted by atomic mass is 35.5. The zero-order valence-electron chi connectivity index (χ0n) is 12.7. The Kier molecular flexibility index (Phi) is 4.24. The molecule has 0 spiro atoms. The van der Waals surface area contributed by atoms with E-state index in [1.54, 1.807) is 6.07 Å². The molecule has 0 aromatic heterocycles. The Morgan fingerprint density at radius 2 is 1.82 bits per heavy atom. The molecular formula is C19H21ClFN. The van der Waals surface area contributed by atoms with Crippen molar-refractivity contribution < 1.29 is 4.39 Å². The largest absolute Gasteiger partial charge is 0.303 e. The molecule has 1 fully saturated rings. The number of fused-ring (bicyclic) bond motifs is 3. The lowest BCUT2D eigenvalue weighted by molar-refractivity contribution is 0.265. The molecule has 0 unspecified atom stereocenters. The van der Waals surface area contributed by atoms with E-state index in [0.717, 1.165) is 12.0 Å². The number of halogens is 2. The maximum atomic E-state index is 13.6. The van der Waals surface area contributed by atoms with Crippen molar-refractivity contribution >= 4 is 12.4 Å². The van der Waals surface area contributed by atoms with Crippen molar-refractivity contribution in [3.05, 3.63) is 71.0 Å². The van der Waals surface area contributed by atoms with Crippen molar-refractivity contribution in [1.29, 1.82) is 0 Å². The summed E-state index contributed by atoms with van der Waals surface area (Å²) in [4.78, 5) is 2.48. The lowest BCUT2D eigenvalue weighted by Crippen LogP contribution is -2.34. The SMILES string of the molecule is CN1CC[C@@H]2c3ccccc3[C@@H](c3cccc(F)c3)C[C@H]21.Cl. The third-order valence-electron chi connectivity index (χ3n) is 5.32. The molecule has 116 valence electrons. The maximum Gasteiger partial charge on any atom is 0.123 e. The van der Waals surface area contributed by atoms with Crippen molar-refractivity contribution in [3.8, 4) is 0 Å². The van der Waals surface area contributed by atoms with E-state index in [0.29, 0.717) is 17.9 Å². The van der Waals surface area contributed by atoms with E-state index in [1.165, 1.54) is 30.2 Å². The molecule has 0 radical (unpaired) electrons. The van der Waals surface area contributed by atoms with Gasteiger partial charge in [-0.1, -0.05) is 36.4 Å². The van der Waals surface area contributed by atoms with Crippen LogP contribution in [0.4, 0.5) is 4.39 Å². The van der Waals surface area contributed by atoms with E-state index in [1.807, 2.05) is 6.07 Å². The molecule has 1 saturated heterocycles. The summed E-state index contributed by atoms with van der Waals surface area (Å²) < 4.78 is 13.6. The van der Waals surface area contributed by atoms with Crippen molar-refractivity contribution in [2.45, 2.75) is 30.7 Å². The summed E-state index contributed by atoms with van der Waals surface area (Å²) in [5.74, 6) is 0.835. The van der Waals surface area contributed by atoms with Gasteiger partial charge in [0.25, 0.3) is 0 Å². The van der Waals surface area contributed by atoms with Gasteiger partial charge in [-0.15, -0.1) is 12.4 Å². The zero-order chi connectivity index (χ0) is 14.4. The Morgan fingerprint density at radius 1 is 1.05 bits per heavy atom. The minimum absolute atomic E-state index is 0. The summed E-state index contributed by atoms with van der Waals surface area (Å²) in [7, 11) is 2.22. The lowest BCUT2D eigenvalue weighted by Gasteiger charge is -2.37. The van der Waals surface area contributed by atoms with Gasteiger partial charge in [-0.05, 0) is 55.3 Å². The van der Waals surface area contributed by atoms with Crippen LogP contribution in [-0.4, -0.2) is 24.5 Å². The number of likely N-dealkylation sites (tertiary alicyclic amines) is 1. The number of nitrogens with zero attached hydrogens (tertiary/aromatic N) is 1. The molecule has 0 saturated carbocycles. The minimum atomic E-state index is -0.133. The molecule has 22 heavy (non-hydrogen) atoms. The topological polar surface area (TPSA) is 3.24 Å². The summed E-state index contributed by atoms with van der Waals surface area (Å²) in [6.45, 7) is 1.17. The van der Waals surface area contributed by atoms with Gasteiger partial charge in [0.2, 0.25) is 0 Å². The minimum Gasteiger partial charge on any atom is -0.303 e. The molecule has 1 aliphatic heterocycles.